The molecule has 2 aromatic carbocycles. The first-order chi connectivity index (χ1) is 14.4. The molecule has 1 heterocycles. The standard InChI is InChI=1S/C21H18ClFN4O3/c1-13(27-21(29)14-2-5-18-19(10-14)25-9-8-24-18)6-7-26-20(28)12-30-15-3-4-16(22)17(23)11-15/h2-5,8-11H,1,6-7,12H2,(H,26,28)(H,27,29). The van der Waals surface area contributed by atoms with Crippen LogP contribution in [0, 0.1) is 5.82 Å². The molecule has 0 aliphatic carbocycles. The van der Waals surface area contributed by atoms with Crippen molar-refractivity contribution in [3.05, 3.63) is 77.5 Å². The second-order valence-electron chi connectivity index (χ2n) is 6.28. The van der Waals surface area contributed by atoms with Crippen LogP contribution in [0.5, 0.6) is 5.75 Å². The predicted molar refractivity (Wildman–Crippen MR) is 111 cm³/mol. The third-order valence-corrected chi connectivity index (χ3v) is 4.34. The number of halogens is 2. The van der Waals surface area contributed by atoms with Crippen molar-refractivity contribution in [2.24, 2.45) is 0 Å². The van der Waals surface area contributed by atoms with E-state index in [1.54, 1.807) is 30.6 Å². The topological polar surface area (TPSA) is 93.2 Å². The van der Waals surface area contributed by atoms with E-state index in [1.165, 1.54) is 12.1 Å². The van der Waals surface area contributed by atoms with Gasteiger partial charge in [-0.1, -0.05) is 18.2 Å². The Kier molecular flexibility index (Phi) is 6.92. The van der Waals surface area contributed by atoms with Gasteiger partial charge in [-0.15, -0.1) is 0 Å². The normalized spacial score (nSPS) is 10.5. The Balaban J connectivity index is 1.40. The lowest BCUT2D eigenvalue weighted by molar-refractivity contribution is -0.123. The molecule has 0 atom stereocenters. The van der Waals surface area contributed by atoms with Crippen molar-refractivity contribution in [1.29, 1.82) is 0 Å². The van der Waals surface area contributed by atoms with Crippen molar-refractivity contribution in [1.82, 2.24) is 20.6 Å². The van der Waals surface area contributed by atoms with Crippen LogP contribution in [0.15, 0.2) is 61.1 Å². The summed E-state index contributed by atoms with van der Waals surface area (Å²) in [6.07, 6.45) is 3.47. The second-order valence-corrected chi connectivity index (χ2v) is 6.69. The summed E-state index contributed by atoms with van der Waals surface area (Å²) in [5.41, 5.74) is 2.18. The lowest BCUT2D eigenvalue weighted by atomic mass is 10.1. The minimum atomic E-state index is -0.625. The highest BCUT2D eigenvalue weighted by atomic mass is 35.5. The predicted octanol–water partition coefficient (Wildman–Crippen LogP) is 3.25. The fraction of sp³-hybridized carbons (Fsp3) is 0.143. The molecule has 154 valence electrons. The van der Waals surface area contributed by atoms with Crippen molar-refractivity contribution in [3.8, 4) is 5.75 Å². The Bertz CT molecular complexity index is 1110. The number of nitrogens with zero attached hydrogens (tertiary/aromatic N) is 2. The summed E-state index contributed by atoms with van der Waals surface area (Å²) in [6.45, 7) is 3.76. The van der Waals surface area contributed by atoms with Crippen molar-refractivity contribution >= 4 is 34.4 Å². The highest BCUT2D eigenvalue weighted by Crippen LogP contribution is 2.20. The molecule has 2 amide bonds. The number of fused-ring (bicyclic) bond motifs is 1. The van der Waals surface area contributed by atoms with Gasteiger partial charge in [-0.2, -0.15) is 0 Å². The summed E-state index contributed by atoms with van der Waals surface area (Å²) in [6, 6.07) is 8.92. The van der Waals surface area contributed by atoms with Crippen molar-refractivity contribution in [3.63, 3.8) is 0 Å². The molecule has 0 bridgehead atoms. The van der Waals surface area contributed by atoms with E-state index in [4.69, 9.17) is 16.3 Å². The first kappa shape index (κ1) is 21.2. The SMILES string of the molecule is C=C(CCNC(=O)COc1ccc(Cl)c(F)c1)NC(=O)c1ccc2nccnc2c1. The molecule has 3 aromatic rings. The Hall–Kier alpha value is -3.52. The fourth-order valence-electron chi connectivity index (χ4n) is 2.52. The maximum absolute atomic E-state index is 13.3. The highest BCUT2D eigenvalue weighted by Gasteiger charge is 2.09. The van der Waals surface area contributed by atoms with E-state index in [0.717, 1.165) is 6.07 Å². The largest absolute Gasteiger partial charge is 0.484 e. The molecule has 9 heteroatoms. The Morgan fingerprint density at radius 3 is 2.63 bits per heavy atom. The molecule has 0 saturated heterocycles. The molecular formula is C21H18ClFN4O3. The Morgan fingerprint density at radius 1 is 1.10 bits per heavy atom. The van der Waals surface area contributed by atoms with Crippen LogP contribution in [0.1, 0.15) is 16.8 Å². The number of carbonyl (C=O) groups excluding carboxylic acids is 2. The number of hydrogen-bond donors (Lipinski definition) is 2. The molecule has 3 rings (SSSR count). The molecule has 1 aromatic heterocycles. The lowest BCUT2D eigenvalue weighted by Gasteiger charge is -2.10. The van der Waals surface area contributed by atoms with E-state index in [1.807, 2.05) is 0 Å². The van der Waals surface area contributed by atoms with Gasteiger partial charge in [0.15, 0.2) is 6.61 Å². The summed E-state index contributed by atoms with van der Waals surface area (Å²) in [7, 11) is 0. The maximum atomic E-state index is 13.3. The number of carbonyl (C=O) groups is 2. The van der Waals surface area contributed by atoms with Gasteiger partial charge >= 0.3 is 0 Å². The van der Waals surface area contributed by atoms with Crippen LogP contribution in [-0.2, 0) is 4.79 Å². The summed E-state index contributed by atoms with van der Waals surface area (Å²) in [5, 5.41) is 5.29. The van der Waals surface area contributed by atoms with Crippen LogP contribution >= 0.6 is 11.6 Å². The number of amides is 2. The van der Waals surface area contributed by atoms with Gasteiger partial charge < -0.3 is 15.4 Å². The van der Waals surface area contributed by atoms with E-state index in [-0.39, 0.29) is 29.8 Å². The number of benzene rings is 2. The van der Waals surface area contributed by atoms with Gasteiger partial charge in [-0.3, -0.25) is 19.6 Å². The fourth-order valence-corrected chi connectivity index (χ4v) is 2.64. The van der Waals surface area contributed by atoms with Crippen molar-refractivity contribution < 1.29 is 18.7 Å². The average molecular weight is 429 g/mol. The van der Waals surface area contributed by atoms with E-state index in [0.29, 0.717) is 28.7 Å². The lowest BCUT2D eigenvalue weighted by Crippen LogP contribution is -2.31. The number of nitrogens with one attached hydrogen (secondary N) is 2. The molecule has 0 saturated carbocycles. The minimum Gasteiger partial charge on any atom is -0.484 e. The molecule has 0 radical (unpaired) electrons. The number of rotatable bonds is 8. The quantitative estimate of drug-likeness (QED) is 0.574. The van der Waals surface area contributed by atoms with E-state index < -0.39 is 11.7 Å². The molecule has 0 aliphatic heterocycles. The van der Waals surface area contributed by atoms with Crippen molar-refractivity contribution in [2.75, 3.05) is 13.2 Å². The second kappa shape index (κ2) is 9.80. The van der Waals surface area contributed by atoms with E-state index >= 15 is 0 Å². The smallest absolute Gasteiger partial charge is 0.257 e. The molecule has 7 nitrogen and oxygen atoms in total. The molecule has 0 spiro atoms. The summed E-state index contributed by atoms with van der Waals surface area (Å²) in [5.74, 6) is -1.14. The van der Waals surface area contributed by atoms with E-state index in [9.17, 15) is 14.0 Å². The molecule has 0 fully saturated rings. The molecule has 2 N–H and O–H groups in total. The van der Waals surface area contributed by atoms with Gasteiger partial charge in [0.25, 0.3) is 11.8 Å². The van der Waals surface area contributed by atoms with Gasteiger partial charge in [-0.25, -0.2) is 4.39 Å². The van der Waals surface area contributed by atoms with Gasteiger partial charge in [-0.05, 0) is 30.3 Å². The summed E-state index contributed by atoms with van der Waals surface area (Å²) in [4.78, 5) is 32.5. The van der Waals surface area contributed by atoms with Crippen molar-refractivity contribution in [2.45, 2.75) is 6.42 Å². The van der Waals surface area contributed by atoms with Gasteiger partial charge in [0, 0.05) is 42.7 Å². The number of ether oxygens (including phenoxy) is 1. The third-order valence-electron chi connectivity index (χ3n) is 4.03. The highest BCUT2D eigenvalue weighted by molar-refractivity contribution is 6.30. The number of hydrogen-bond acceptors (Lipinski definition) is 5. The van der Waals surface area contributed by atoms with Gasteiger partial charge in [0.05, 0.1) is 16.1 Å². The first-order valence-corrected chi connectivity index (χ1v) is 9.34. The van der Waals surface area contributed by atoms with Crippen LogP contribution in [0.3, 0.4) is 0 Å². The number of aromatic nitrogens is 2. The van der Waals surface area contributed by atoms with Crippen LogP contribution in [0.4, 0.5) is 4.39 Å². The van der Waals surface area contributed by atoms with Crippen LogP contribution in [0.2, 0.25) is 5.02 Å². The van der Waals surface area contributed by atoms with Crippen LogP contribution in [-0.4, -0.2) is 34.9 Å². The Labute approximate surface area is 176 Å². The van der Waals surface area contributed by atoms with Gasteiger partial charge in [0.2, 0.25) is 0 Å². The van der Waals surface area contributed by atoms with Crippen LogP contribution < -0.4 is 15.4 Å². The van der Waals surface area contributed by atoms with Crippen LogP contribution in [0.25, 0.3) is 11.0 Å². The third kappa shape index (κ3) is 5.74. The molecule has 0 unspecified atom stereocenters. The molecule has 0 aliphatic rings. The average Bonchev–Trinajstić information content (AvgIpc) is 2.74. The zero-order chi connectivity index (χ0) is 21.5. The zero-order valence-electron chi connectivity index (χ0n) is 15.8. The minimum absolute atomic E-state index is 0.0241. The maximum Gasteiger partial charge on any atom is 0.257 e. The molecular weight excluding hydrogens is 411 g/mol. The molecule has 30 heavy (non-hydrogen) atoms. The van der Waals surface area contributed by atoms with Gasteiger partial charge in [0.1, 0.15) is 11.6 Å². The zero-order valence-corrected chi connectivity index (χ0v) is 16.6. The first-order valence-electron chi connectivity index (χ1n) is 8.97. The monoisotopic (exact) mass is 428 g/mol. The van der Waals surface area contributed by atoms with E-state index in [2.05, 4.69) is 27.2 Å². The summed E-state index contributed by atoms with van der Waals surface area (Å²) >= 11 is 5.59. The Morgan fingerprint density at radius 2 is 1.87 bits per heavy atom. The summed E-state index contributed by atoms with van der Waals surface area (Å²) < 4.78 is 18.5.